The van der Waals surface area contributed by atoms with Gasteiger partial charge in [0, 0.05) is 32.2 Å². The first kappa shape index (κ1) is 17.1. The highest BCUT2D eigenvalue weighted by molar-refractivity contribution is 5.44. The van der Waals surface area contributed by atoms with Crippen LogP contribution in [0.2, 0.25) is 0 Å². The maximum Gasteiger partial charge on any atom is 0.254 e. The fourth-order valence-electron chi connectivity index (χ4n) is 3.45. The SMILES string of the molecule is COCc1cc(NCC2CCCOC2C(C)(C)C)n2ncnc2n1. The number of methoxy groups -OCH3 is 1. The molecule has 7 heteroatoms. The maximum atomic E-state index is 6.07. The fraction of sp³-hybridized carbons (Fsp3) is 0.706. The van der Waals surface area contributed by atoms with Crippen molar-refractivity contribution < 1.29 is 9.47 Å². The first-order valence-corrected chi connectivity index (χ1v) is 8.53. The number of nitrogens with zero attached hydrogens (tertiary/aromatic N) is 4. The highest BCUT2D eigenvalue weighted by Gasteiger charge is 2.35. The molecule has 2 aromatic heterocycles. The summed E-state index contributed by atoms with van der Waals surface area (Å²) < 4.78 is 13.0. The van der Waals surface area contributed by atoms with Crippen LogP contribution in [-0.4, -0.2) is 45.9 Å². The van der Waals surface area contributed by atoms with Crippen molar-refractivity contribution >= 4 is 11.6 Å². The van der Waals surface area contributed by atoms with Gasteiger partial charge < -0.3 is 14.8 Å². The van der Waals surface area contributed by atoms with Crippen molar-refractivity contribution in [2.45, 2.75) is 46.3 Å². The van der Waals surface area contributed by atoms with E-state index in [2.05, 4.69) is 41.2 Å². The second kappa shape index (κ2) is 7.03. The van der Waals surface area contributed by atoms with Gasteiger partial charge in [0.25, 0.3) is 5.78 Å². The van der Waals surface area contributed by atoms with Gasteiger partial charge in [-0.15, -0.1) is 0 Å². The van der Waals surface area contributed by atoms with Crippen LogP contribution in [0.4, 0.5) is 5.82 Å². The normalized spacial score (nSPS) is 22.0. The smallest absolute Gasteiger partial charge is 0.254 e. The number of ether oxygens (including phenoxy) is 2. The van der Waals surface area contributed by atoms with Crippen molar-refractivity contribution in [3.63, 3.8) is 0 Å². The van der Waals surface area contributed by atoms with Crippen LogP contribution in [0.3, 0.4) is 0 Å². The lowest BCUT2D eigenvalue weighted by Crippen LogP contribution is -2.42. The Hall–Kier alpha value is -1.73. The standard InChI is InChI=1S/C17H27N5O2/c1-17(2,3)15-12(6-5-7-24-15)9-18-14-8-13(10-23-4)21-16-19-11-20-22(14)16/h8,11-12,15,18H,5-7,9-10H2,1-4H3. The zero-order chi connectivity index (χ0) is 17.2. The van der Waals surface area contributed by atoms with Crippen molar-refractivity contribution in [2.24, 2.45) is 11.3 Å². The quantitative estimate of drug-likeness (QED) is 0.906. The average Bonchev–Trinajstić information content (AvgIpc) is 3.01. The van der Waals surface area contributed by atoms with E-state index in [0.29, 0.717) is 18.3 Å². The van der Waals surface area contributed by atoms with Crippen molar-refractivity contribution in [3.05, 3.63) is 18.1 Å². The van der Waals surface area contributed by atoms with E-state index < -0.39 is 0 Å². The Morgan fingerprint density at radius 2 is 2.25 bits per heavy atom. The van der Waals surface area contributed by atoms with E-state index in [1.54, 1.807) is 11.6 Å². The largest absolute Gasteiger partial charge is 0.378 e. The van der Waals surface area contributed by atoms with Gasteiger partial charge in [-0.25, -0.2) is 4.98 Å². The molecular formula is C17H27N5O2. The van der Waals surface area contributed by atoms with E-state index in [1.807, 2.05) is 6.07 Å². The Morgan fingerprint density at radius 3 is 3.00 bits per heavy atom. The van der Waals surface area contributed by atoms with Gasteiger partial charge in [-0.3, -0.25) is 0 Å². The molecule has 0 aromatic carbocycles. The van der Waals surface area contributed by atoms with Crippen LogP contribution in [0.15, 0.2) is 12.4 Å². The van der Waals surface area contributed by atoms with Crippen LogP contribution in [-0.2, 0) is 16.1 Å². The number of anilines is 1. The van der Waals surface area contributed by atoms with Gasteiger partial charge in [-0.2, -0.15) is 14.6 Å². The van der Waals surface area contributed by atoms with Crippen LogP contribution in [0.5, 0.6) is 0 Å². The minimum Gasteiger partial charge on any atom is -0.378 e. The lowest BCUT2D eigenvalue weighted by Gasteiger charge is -2.40. The van der Waals surface area contributed by atoms with Crippen LogP contribution in [0, 0.1) is 11.3 Å². The molecule has 0 amide bonds. The zero-order valence-corrected chi connectivity index (χ0v) is 15.0. The molecule has 1 aliphatic heterocycles. The Kier molecular flexibility index (Phi) is 5.01. The number of nitrogens with one attached hydrogen (secondary N) is 1. The molecule has 2 atom stereocenters. The van der Waals surface area contributed by atoms with E-state index in [0.717, 1.165) is 31.1 Å². The summed E-state index contributed by atoms with van der Waals surface area (Å²) >= 11 is 0. The van der Waals surface area contributed by atoms with E-state index in [-0.39, 0.29) is 11.5 Å². The first-order chi connectivity index (χ1) is 11.5. The molecule has 132 valence electrons. The topological polar surface area (TPSA) is 73.6 Å². The molecule has 2 unspecified atom stereocenters. The highest BCUT2D eigenvalue weighted by atomic mass is 16.5. The van der Waals surface area contributed by atoms with Gasteiger partial charge in [0.15, 0.2) is 0 Å². The minimum absolute atomic E-state index is 0.134. The number of aromatic nitrogens is 4. The first-order valence-electron chi connectivity index (χ1n) is 8.53. The molecule has 1 saturated heterocycles. The predicted molar refractivity (Wildman–Crippen MR) is 91.9 cm³/mol. The van der Waals surface area contributed by atoms with Gasteiger partial charge in [0.1, 0.15) is 12.1 Å². The number of rotatable bonds is 5. The summed E-state index contributed by atoms with van der Waals surface area (Å²) in [5.41, 5.74) is 0.974. The minimum atomic E-state index is 0.134. The third kappa shape index (κ3) is 3.67. The van der Waals surface area contributed by atoms with Crippen molar-refractivity contribution in [1.82, 2.24) is 19.6 Å². The van der Waals surface area contributed by atoms with Crippen LogP contribution < -0.4 is 5.32 Å². The summed E-state index contributed by atoms with van der Waals surface area (Å²) in [5.74, 6) is 1.94. The molecular weight excluding hydrogens is 306 g/mol. The summed E-state index contributed by atoms with van der Waals surface area (Å²) in [4.78, 5) is 8.63. The van der Waals surface area contributed by atoms with E-state index in [1.165, 1.54) is 12.7 Å². The van der Waals surface area contributed by atoms with Crippen LogP contribution >= 0.6 is 0 Å². The Bertz CT molecular complexity index is 679. The molecule has 0 spiro atoms. The van der Waals surface area contributed by atoms with Crippen molar-refractivity contribution in [1.29, 1.82) is 0 Å². The van der Waals surface area contributed by atoms with E-state index in [9.17, 15) is 0 Å². The molecule has 1 N–H and O–H groups in total. The second-order valence-electron chi connectivity index (χ2n) is 7.48. The molecule has 1 fully saturated rings. The molecule has 3 heterocycles. The van der Waals surface area contributed by atoms with Crippen LogP contribution in [0.1, 0.15) is 39.3 Å². The van der Waals surface area contributed by atoms with Crippen molar-refractivity contribution in [3.8, 4) is 0 Å². The maximum absolute atomic E-state index is 6.07. The number of hydrogen-bond donors (Lipinski definition) is 1. The zero-order valence-electron chi connectivity index (χ0n) is 15.0. The molecule has 0 bridgehead atoms. The lowest BCUT2D eigenvalue weighted by molar-refractivity contribution is -0.0814. The summed E-state index contributed by atoms with van der Waals surface area (Å²) in [6, 6.07) is 1.97. The molecule has 0 aliphatic carbocycles. The van der Waals surface area contributed by atoms with E-state index in [4.69, 9.17) is 9.47 Å². The van der Waals surface area contributed by atoms with E-state index >= 15 is 0 Å². The monoisotopic (exact) mass is 333 g/mol. The molecule has 1 aliphatic rings. The average molecular weight is 333 g/mol. The fourth-order valence-corrected chi connectivity index (χ4v) is 3.45. The highest BCUT2D eigenvalue weighted by Crippen LogP contribution is 2.34. The Balaban J connectivity index is 1.78. The lowest BCUT2D eigenvalue weighted by atomic mass is 9.78. The second-order valence-corrected chi connectivity index (χ2v) is 7.48. The van der Waals surface area contributed by atoms with Gasteiger partial charge in [-0.05, 0) is 18.3 Å². The molecule has 0 saturated carbocycles. The molecule has 7 nitrogen and oxygen atoms in total. The third-order valence-electron chi connectivity index (χ3n) is 4.44. The summed E-state index contributed by atoms with van der Waals surface area (Å²) in [7, 11) is 1.66. The number of hydrogen-bond acceptors (Lipinski definition) is 6. The van der Waals surface area contributed by atoms with Gasteiger partial charge >= 0.3 is 0 Å². The van der Waals surface area contributed by atoms with Gasteiger partial charge in [0.05, 0.1) is 18.4 Å². The summed E-state index contributed by atoms with van der Waals surface area (Å²) in [6.07, 6.45) is 4.06. The summed E-state index contributed by atoms with van der Waals surface area (Å²) in [5, 5.41) is 7.79. The van der Waals surface area contributed by atoms with Gasteiger partial charge in [0.2, 0.25) is 0 Å². The molecule has 24 heavy (non-hydrogen) atoms. The summed E-state index contributed by atoms with van der Waals surface area (Å²) in [6.45, 7) is 8.89. The molecule has 2 aromatic rings. The van der Waals surface area contributed by atoms with Gasteiger partial charge in [-0.1, -0.05) is 20.8 Å². The molecule has 0 radical (unpaired) electrons. The van der Waals surface area contributed by atoms with Crippen molar-refractivity contribution in [2.75, 3.05) is 25.6 Å². The van der Waals surface area contributed by atoms with Crippen LogP contribution in [0.25, 0.3) is 5.78 Å². The number of fused-ring (bicyclic) bond motifs is 1. The third-order valence-corrected chi connectivity index (χ3v) is 4.44. The predicted octanol–water partition coefficient (Wildman–Crippen LogP) is 2.52. The molecule has 3 rings (SSSR count). The Labute approximate surface area is 142 Å². The Morgan fingerprint density at radius 1 is 1.42 bits per heavy atom.